The smallest absolute Gasteiger partial charge is 0.323 e. The Morgan fingerprint density at radius 1 is 0.455 bits per heavy atom. The largest absolute Gasteiger partial charge is 0.479 e. The summed E-state index contributed by atoms with van der Waals surface area (Å²) in [4.78, 5) is 32.1. The highest BCUT2D eigenvalue weighted by Crippen LogP contribution is 2.09. The van der Waals surface area contributed by atoms with Crippen LogP contribution < -0.4 is 33.6 Å². The number of hydrogen-bond donors (Lipinski definition) is 9. The summed E-state index contributed by atoms with van der Waals surface area (Å²) in [6.45, 7) is 1.47. The van der Waals surface area contributed by atoms with Gasteiger partial charge in [0.2, 0.25) is 35.7 Å². The Balaban J connectivity index is 0.000000357. The standard InChI is InChI=1S/C12H22N12.C3H3N3O3/c13-7-19-8(14)22-11(21-7)17-5-3-1-2-4-6-18-12-23-9(15)20-10(16)24-12;7-1-4-2(8)6-3(9)5-1/h1-6H2,(H5,13,14,17,19,21,22)(H5,15,16,18,20,23,24);(H3,4,5,6,7,8,9). The molecule has 0 aliphatic heterocycles. The Morgan fingerprint density at radius 3 is 1.06 bits per heavy atom. The molecule has 3 heterocycles. The van der Waals surface area contributed by atoms with Crippen molar-refractivity contribution in [2.24, 2.45) is 0 Å². The van der Waals surface area contributed by atoms with Gasteiger partial charge in [-0.1, -0.05) is 12.8 Å². The molecule has 0 unspecified atom stereocenters. The van der Waals surface area contributed by atoms with Gasteiger partial charge in [-0.3, -0.25) is 0 Å². The lowest BCUT2D eigenvalue weighted by Crippen LogP contribution is -2.11. The summed E-state index contributed by atoms with van der Waals surface area (Å²) in [5.74, 6) is 1.22. The first-order chi connectivity index (χ1) is 15.7. The van der Waals surface area contributed by atoms with E-state index in [1.165, 1.54) is 0 Å². The Morgan fingerprint density at radius 2 is 0.758 bits per heavy atom. The number of nitrogens with zero attached hydrogens (tertiary/aromatic N) is 9. The zero-order valence-corrected chi connectivity index (χ0v) is 17.4. The summed E-state index contributed by atoms with van der Waals surface area (Å²) in [5.41, 5.74) is 22.0. The van der Waals surface area contributed by atoms with Gasteiger partial charge in [-0.05, 0) is 12.8 Å². The van der Waals surface area contributed by atoms with E-state index < -0.39 is 18.0 Å². The Kier molecular flexibility index (Phi) is 9.04. The van der Waals surface area contributed by atoms with Crippen LogP contribution in [0.4, 0.5) is 35.7 Å². The molecule has 0 radical (unpaired) electrons. The van der Waals surface area contributed by atoms with Crippen LogP contribution in [0.3, 0.4) is 0 Å². The van der Waals surface area contributed by atoms with Crippen molar-refractivity contribution in [3.63, 3.8) is 0 Å². The third kappa shape index (κ3) is 9.72. The molecule has 0 spiro atoms. The average molecular weight is 463 g/mol. The zero-order chi connectivity index (χ0) is 24.2. The van der Waals surface area contributed by atoms with Crippen LogP contribution in [-0.2, 0) is 0 Å². The van der Waals surface area contributed by atoms with Crippen LogP contribution in [0.2, 0.25) is 0 Å². The third-order valence-corrected chi connectivity index (χ3v) is 3.61. The number of aromatic hydroxyl groups is 3. The molecule has 13 N–H and O–H groups in total. The van der Waals surface area contributed by atoms with E-state index in [2.05, 4.69) is 55.5 Å². The lowest BCUT2D eigenvalue weighted by atomic mass is 10.2. The van der Waals surface area contributed by atoms with Gasteiger partial charge < -0.3 is 48.9 Å². The maximum Gasteiger partial charge on any atom is 0.323 e. The van der Waals surface area contributed by atoms with Gasteiger partial charge in [-0.25, -0.2) is 0 Å². The molecule has 18 nitrogen and oxygen atoms in total. The second kappa shape index (κ2) is 12.2. The highest BCUT2D eigenvalue weighted by Gasteiger charge is 2.02. The molecule has 178 valence electrons. The van der Waals surface area contributed by atoms with Crippen molar-refractivity contribution in [3.05, 3.63) is 0 Å². The highest BCUT2D eigenvalue weighted by atomic mass is 16.3. The van der Waals surface area contributed by atoms with Crippen LogP contribution >= 0.6 is 0 Å². The number of nitrogens with two attached hydrogens (primary N) is 4. The topological polar surface area (TPSA) is 305 Å². The third-order valence-electron chi connectivity index (χ3n) is 3.61. The molecule has 3 rings (SSSR count). The van der Waals surface area contributed by atoms with Crippen molar-refractivity contribution in [1.82, 2.24) is 44.9 Å². The van der Waals surface area contributed by atoms with E-state index in [1.54, 1.807) is 0 Å². The van der Waals surface area contributed by atoms with Gasteiger partial charge in [0.1, 0.15) is 0 Å². The Bertz CT molecular complexity index is 889. The second-order valence-corrected chi connectivity index (χ2v) is 6.25. The van der Waals surface area contributed by atoms with Crippen LogP contribution in [0.5, 0.6) is 18.0 Å². The van der Waals surface area contributed by atoms with Crippen molar-refractivity contribution in [3.8, 4) is 18.0 Å². The molecular formula is C15H25N15O3. The van der Waals surface area contributed by atoms with Crippen molar-refractivity contribution in [2.45, 2.75) is 25.7 Å². The van der Waals surface area contributed by atoms with Crippen LogP contribution in [0, 0.1) is 0 Å². The lowest BCUT2D eigenvalue weighted by Gasteiger charge is -2.07. The highest BCUT2D eigenvalue weighted by molar-refractivity contribution is 5.37. The zero-order valence-electron chi connectivity index (χ0n) is 17.4. The molecule has 0 bridgehead atoms. The van der Waals surface area contributed by atoms with E-state index in [1.807, 2.05) is 0 Å². The van der Waals surface area contributed by atoms with E-state index in [4.69, 9.17) is 38.3 Å². The van der Waals surface area contributed by atoms with Crippen molar-refractivity contribution >= 4 is 35.7 Å². The molecule has 0 saturated heterocycles. The molecule has 0 saturated carbocycles. The predicted molar refractivity (Wildman–Crippen MR) is 118 cm³/mol. The summed E-state index contributed by atoms with van der Waals surface area (Å²) in [5, 5.41) is 31.4. The number of anilines is 6. The fourth-order valence-corrected chi connectivity index (χ4v) is 2.32. The summed E-state index contributed by atoms with van der Waals surface area (Å²) < 4.78 is 0. The van der Waals surface area contributed by atoms with Gasteiger partial charge in [-0.15, -0.1) is 15.0 Å². The fourth-order valence-electron chi connectivity index (χ4n) is 2.32. The first kappa shape index (κ1) is 24.5. The molecule has 0 atom stereocenters. The summed E-state index contributed by atoms with van der Waals surface area (Å²) in [6, 6.07) is -2.12. The molecule has 0 amide bonds. The minimum absolute atomic E-state index is 0.107. The minimum Gasteiger partial charge on any atom is -0.479 e. The van der Waals surface area contributed by atoms with Gasteiger partial charge in [-0.2, -0.15) is 29.9 Å². The van der Waals surface area contributed by atoms with Crippen LogP contribution in [-0.4, -0.2) is 73.3 Å². The molecule has 18 heteroatoms. The lowest BCUT2D eigenvalue weighted by molar-refractivity contribution is 0.344. The van der Waals surface area contributed by atoms with Gasteiger partial charge >= 0.3 is 18.0 Å². The van der Waals surface area contributed by atoms with Crippen LogP contribution in [0.1, 0.15) is 25.7 Å². The van der Waals surface area contributed by atoms with Crippen molar-refractivity contribution < 1.29 is 15.3 Å². The van der Waals surface area contributed by atoms with E-state index >= 15 is 0 Å². The quantitative estimate of drug-likeness (QED) is 0.162. The molecular weight excluding hydrogens is 438 g/mol. The van der Waals surface area contributed by atoms with Gasteiger partial charge in [0.15, 0.2) is 0 Å². The molecule has 3 aromatic heterocycles. The number of rotatable bonds is 9. The summed E-state index contributed by atoms with van der Waals surface area (Å²) in [7, 11) is 0. The van der Waals surface area contributed by atoms with Gasteiger partial charge in [0, 0.05) is 13.1 Å². The van der Waals surface area contributed by atoms with Gasteiger partial charge in [0.05, 0.1) is 0 Å². The van der Waals surface area contributed by atoms with E-state index in [9.17, 15) is 0 Å². The maximum absolute atomic E-state index is 8.41. The SMILES string of the molecule is Nc1nc(N)nc(NCCCCCCNc2nc(N)nc(N)n2)n1.Oc1nc(O)nc(O)n1. The van der Waals surface area contributed by atoms with Crippen LogP contribution in [0.25, 0.3) is 0 Å². The number of nitrogen functional groups attached to an aromatic ring is 4. The maximum atomic E-state index is 8.41. The summed E-state index contributed by atoms with van der Waals surface area (Å²) in [6.07, 6.45) is 4.03. The first-order valence-corrected chi connectivity index (χ1v) is 9.56. The number of hydrogen-bond acceptors (Lipinski definition) is 18. The first-order valence-electron chi connectivity index (χ1n) is 9.56. The molecule has 0 aromatic carbocycles. The van der Waals surface area contributed by atoms with Crippen LogP contribution in [0.15, 0.2) is 0 Å². The predicted octanol–water partition coefficient (Wildman–Crippen LogP) is -1.54. The van der Waals surface area contributed by atoms with Crippen molar-refractivity contribution in [1.29, 1.82) is 0 Å². The molecule has 0 fully saturated rings. The van der Waals surface area contributed by atoms with Gasteiger partial charge in [0.25, 0.3) is 0 Å². The molecule has 0 aliphatic carbocycles. The molecule has 33 heavy (non-hydrogen) atoms. The number of aromatic nitrogens is 9. The normalized spacial score (nSPS) is 10.2. The fraction of sp³-hybridized carbons (Fsp3) is 0.400. The number of nitrogens with one attached hydrogen (secondary N) is 2. The minimum atomic E-state index is -0.708. The second-order valence-electron chi connectivity index (χ2n) is 6.25. The Hall–Kier alpha value is -4.77. The summed E-state index contributed by atoms with van der Waals surface area (Å²) >= 11 is 0. The Labute approximate surface area is 187 Å². The van der Waals surface area contributed by atoms with E-state index in [-0.39, 0.29) is 23.8 Å². The number of unbranched alkanes of at least 4 members (excludes halogenated alkanes) is 3. The molecule has 3 aromatic rings. The average Bonchev–Trinajstić information content (AvgIpc) is 2.68. The van der Waals surface area contributed by atoms with E-state index in [0.717, 1.165) is 38.8 Å². The van der Waals surface area contributed by atoms with Crippen molar-refractivity contribution in [2.75, 3.05) is 46.7 Å². The molecule has 0 aliphatic rings. The monoisotopic (exact) mass is 463 g/mol. The van der Waals surface area contributed by atoms with E-state index in [0.29, 0.717) is 11.9 Å².